The third kappa shape index (κ3) is 6.75. The average Bonchev–Trinajstić information content (AvgIpc) is 2.57. The van der Waals surface area contributed by atoms with Gasteiger partial charge in [0.1, 0.15) is 0 Å². The van der Waals surface area contributed by atoms with Crippen molar-refractivity contribution in [2.24, 2.45) is 11.8 Å². The van der Waals surface area contributed by atoms with Gasteiger partial charge in [0.15, 0.2) is 0 Å². The predicted molar refractivity (Wildman–Crippen MR) is 78.9 cm³/mol. The van der Waals surface area contributed by atoms with Gasteiger partial charge >= 0.3 is 0 Å². The van der Waals surface area contributed by atoms with E-state index in [0.29, 0.717) is 6.04 Å². The Morgan fingerprint density at radius 1 is 1.06 bits per heavy atom. The van der Waals surface area contributed by atoms with Crippen molar-refractivity contribution in [3.05, 3.63) is 0 Å². The van der Waals surface area contributed by atoms with E-state index in [-0.39, 0.29) is 0 Å². The first-order chi connectivity index (χ1) is 8.74. The summed E-state index contributed by atoms with van der Waals surface area (Å²) >= 11 is 0. The Hall–Kier alpha value is -0.0800. The van der Waals surface area contributed by atoms with Gasteiger partial charge < -0.3 is 10.1 Å². The van der Waals surface area contributed by atoms with Gasteiger partial charge in [-0.3, -0.25) is 0 Å². The molecule has 18 heavy (non-hydrogen) atoms. The highest BCUT2D eigenvalue weighted by Crippen LogP contribution is 2.32. The summed E-state index contributed by atoms with van der Waals surface area (Å²) in [5.74, 6) is 1.87. The maximum atomic E-state index is 5.15. The lowest BCUT2D eigenvalue weighted by molar-refractivity contribution is 0.185. The quantitative estimate of drug-likeness (QED) is 0.523. The highest BCUT2D eigenvalue weighted by molar-refractivity contribution is 4.76. The Morgan fingerprint density at radius 3 is 2.44 bits per heavy atom. The third-order valence-corrected chi connectivity index (χ3v) is 4.28. The van der Waals surface area contributed by atoms with E-state index in [1.54, 1.807) is 7.11 Å². The lowest BCUT2D eigenvalue weighted by Crippen LogP contribution is -2.32. The second-order valence-corrected chi connectivity index (χ2v) is 6.21. The SMILES string of the molecule is COCCCCC1CCCCCC1CNC(C)C. The van der Waals surface area contributed by atoms with E-state index in [9.17, 15) is 0 Å². The van der Waals surface area contributed by atoms with Crippen molar-refractivity contribution >= 4 is 0 Å². The van der Waals surface area contributed by atoms with Gasteiger partial charge in [0.25, 0.3) is 0 Å². The summed E-state index contributed by atoms with van der Waals surface area (Å²) in [5.41, 5.74) is 0. The molecule has 108 valence electrons. The normalized spacial score (nSPS) is 25.3. The van der Waals surface area contributed by atoms with Gasteiger partial charge in [0.05, 0.1) is 0 Å². The monoisotopic (exact) mass is 255 g/mol. The molecule has 0 aromatic heterocycles. The highest BCUT2D eigenvalue weighted by atomic mass is 16.5. The van der Waals surface area contributed by atoms with Crippen molar-refractivity contribution in [1.82, 2.24) is 5.32 Å². The average molecular weight is 255 g/mol. The van der Waals surface area contributed by atoms with Crippen molar-refractivity contribution in [3.8, 4) is 0 Å². The summed E-state index contributed by atoms with van der Waals surface area (Å²) < 4.78 is 5.15. The maximum Gasteiger partial charge on any atom is 0.0462 e. The second kappa shape index (κ2) is 9.80. The van der Waals surface area contributed by atoms with Gasteiger partial charge in [0, 0.05) is 19.8 Å². The van der Waals surface area contributed by atoms with Crippen molar-refractivity contribution in [2.45, 2.75) is 71.3 Å². The molecule has 1 saturated carbocycles. The van der Waals surface area contributed by atoms with E-state index in [0.717, 1.165) is 18.4 Å². The van der Waals surface area contributed by atoms with E-state index < -0.39 is 0 Å². The van der Waals surface area contributed by atoms with Crippen molar-refractivity contribution < 1.29 is 4.74 Å². The molecule has 1 aliphatic rings. The molecule has 2 heteroatoms. The Bertz CT molecular complexity index is 194. The molecule has 0 bridgehead atoms. The van der Waals surface area contributed by atoms with Crippen LogP contribution in [0.25, 0.3) is 0 Å². The Balaban J connectivity index is 2.31. The lowest BCUT2D eigenvalue weighted by atomic mass is 9.84. The first kappa shape index (κ1) is 16.0. The van der Waals surface area contributed by atoms with Crippen LogP contribution >= 0.6 is 0 Å². The molecule has 2 unspecified atom stereocenters. The number of hydrogen-bond donors (Lipinski definition) is 1. The molecule has 0 radical (unpaired) electrons. The number of nitrogens with one attached hydrogen (secondary N) is 1. The van der Waals surface area contributed by atoms with Crippen LogP contribution in [0.1, 0.15) is 65.2 Å². The number of unbranched alkanes of at least 4 members (excludes halogenated alkanes) is 1. The zero-order valence-electron chi connectivity index (χ0n) is 12.7. The van der Waals surface area contributed by atoms with Gasteiger partial charge in [0.2, 0.25) is 0 Å². The van der Waals surface area contributed by atoms with Crippen molar-refractivity contribution in [3.63, 3.8) is 0 Å². The summed E-state index contributed by atoms with van der Waals surface area (Å²) in [7, 11) is 1.81. The number of methoxy groups -OCH3 is 1. The number of hydrogen-bond acceptors (Lipinski definition) is 2. The van der Waals surface area contributed by atoms with E-state index in [1.165, 1.54) is 57.9 Å². The van der Waals surface area contributed by atoms with Crippen LogP contribution in [-0.4, -0.2) is 26.3 Å². The van der Waals surface area contributed by atoms with Gasteiger partial charge in [-0.2, -0.15) is 0 Å². The Labute approximate surface area is 114 Å². The molecule has 2 atom stereocenters. The lowest BCUT2D eigenvalue weighted by Gasteiger charge is -2.26. The Kier molecular flexibility index (Phi) is 8.70. The van der Waals surface area contributed by atoms with Crippen LogP contribution in [0.2, 0.25) is 0 Å². The van der Waals surface area contributed by atoms with E-state index in [2.05, 4.69) is 19.2 Å². The first-order valence-corrected chi connectivity index (χ1v) is 7.96. The molecule has 1 aliphatic carbocycles. The zero-order valence-corrected chi connectivity index (χ0v) is 12.7. The molecule has 0 spiro atoms. The fraction of sp³-hybridized carbons (Fsp3) is 1.00. The molecule has 0 heterocycles. The molecule has 0 aromatic carbocycles. The minimum atomic E-state index is 0.627. The van der Waals surface area contributed by atoms with Crippen LogP contribution in [0, 0.1) is 11.8 Å². The fourth-order valence-corrected chi connectivity index (χ4v) is 3.15. The zero-order chi connectivity index (χ0) is 13.2. The minimum absolute atomic E-state index is 0.627. The van der Waals surface area contributed by atoms with Crippen molar-refractivity contribution in [2.75, 3.05) is 20.3 Å². The van der Waals surface area contributed by atoms with Gasteiger partial charge in [-0.1, -0.05) is 52.4 Å². The number of rotatable bonds is 8. The molecule has 0 amide bonds. The topological polar surface area (TPSA) is 21.3 Å². The van der Waals surface area contributed by atoms with Crippen LogP contribution in [0.15, 0.2) is 0 Å². The van der Waals surface area contributed by atoms with Crippen molar-refractivity contribution in [1.29, 1.82) is 0 Å². The second-order valence-electron chi connectivity index (χ2n) is 6.21. The molecule has 0 aliphatic heterocycles. The van der Waals surface area contributed by atoms with E-state index in [1.807, 2.05) is 0 Å². The van der Waals surface area contributed by atoms with Crippen LogP contribution < -0.4 is 5.32 Å². The van der Waals surface area contributed by atoms with E-state index in [4.69, 9.17) is 4.74 Å². The summed E-state index contributed by atoms with van der Waals surface area (Å²) in [4.78, 5) is 0. The maximum absolute atomic E-state index is 5.15. The van der Waals surface area contributed by atoms with Crippen LogP contribution in [-0.2, 0) is 4.74 Å². The molecule has 1 fully saturated rings. The molecule has 1 rings (SSSR count). The fourth-order valence-electron chi connectivity index (χ4n) is 3.15. The van der Waals surface area contributed by atoms with E-state index >= 15 is 0 Å². The molecule has 2 nitrogen and oxygen atoms in total. The summed E-state index contributed by atoms with van der Waals surface area (Å²) in [6, 6.07) is 0.627. The smallest absolute Gasteiger partial charge is 0.0462 e. The number of ether oxygens (including phenoxy) is 1. The predicted octanol–water partition coefficient (Wildman–Crippen LogP) is 4.00. The van der Waals surface area contributed by atoms with Gasteiger partial charge in [-0.05, 0) is 31.2 Å². The molecule has 0 aromatic rings. The first-order valence-electron chi connectivity index (χ1n) is 7.96. The summed E-state index contributed by atoms with van der Waals surface area (Å²) in [6.45, 7) is 6.67. The van der Waals surface area contributed by atoms with Gasteiger partial charge in [-0.25, -0.2) is 0 Å². The summed E-state index contributed by atoms with van der Waals surface area (Å²) in [5, 5.41) is 3.65. The van der Waals surface area contributed by atoms with Crippen LogP contribution in [0.4, 0.5) is 0 Å². The standard InChI is InChI=1S/C16H33NO/c1-14(2)17-13-16-11-6-4-5-9-15(16)10-7-8-12-18-3/h14-17H,4-13H2,1-3H3. The van der Waals surface area contributed by atoms with Crippen LogP contribution in [0.3, 0.4) is 0 Å². The molecule has 0 saturated heterocycles. The molecule has 1 N–H and O–H groups in total. The van der Waals surface area contributed by atoms with Gasteiger partial charge in [-0.15, -0.1) is 0 Å². The highest BCUT2D eigenvalue weighted by Gasteiger charge is 2.23. The minimum Gasteiger partial charge on any atom is -0.385 e. The molecular weight excluding hydrogens is 222 g/mol. The Morgan fingerprint density at radius 2 is 1.78 bits per heavy atom. The largest absolute Gasteiger partial charge is 0.385 e. The molecular formula is C16H33NO. The van der Waals surface area contributed by atoms with Crippen LogP contribution in [0.5, 0.6) is 0 Å². The summed E-state index contributed by atoms with van der Waals surface area (Å²) in [6.07, 6.45) is 11.2. The third-order valence-electron chi connectivity index (χ3n) is 4.28.